The molecule has 0 heterocycles. The van der Waals surface area contributed by atoms with Crippen LogP contribution >= 0.6 is 0 Å². The molecule has 0 aliphatic rings. The van der Waals surface area contributed by atoms with Crippen molar-refractivity contribution in [3.8, 4) is 0 Å². The Morgan fingerprint density at radius 3 is 2.05 bits per heavy atom. The summed E-state index contributed by atoms with van der Waals surface area (Å²) in [7, 11) is 0. The maximum Gasteiger partial charge on any atom is 1.00 e. The van der Waals surface area contributed by atoms with Gasteiger partial charge in [-0.15, -0.1) is 0 Å². The third-order valence-electron chi connectivity index (χ3n) is 3.13. The Balaban J connectivity index is -0.00000162. The number of aliphatic hydroxyl groups is 2. The summed E-state index contributed by atoms with van der Waals surface area (Å²) in [6.45, 7) is 1.75. The molecule has 116 valence electrons. The minimum absolute atomic E-state index is 0. The van der Waals surface area contributed by atoms with Crippen molar-refractivity contribution in [1.82, 2.24) is 0 Å². The Labute approximate surface area is 147 Å². The van der Waals surface area contributed by atoms with Crippen molar-refractivity contribution in [2.75, 3.05) is 13.2 Å². The van der Waals surface area contributed by atoms with Crippen LogP contribution in [0.2, 0.25) is 0 Å². The normalized spacial score (nSPS) is 11.8. The summed E-state index contributed by atoms with van der Waals surface area (Å²) in [4.78, 5) is 11.3. The molecule has 2 N–H and O–H groups in total. The van der Waals surface area contributed by atoms with Gasteiger partial charge in [0.2, 0.25) is 0 Å². The van der Waals surface area contributed by atoms with Crippen LogP contribution in [0.5, 0.6) is 0 Å². The number of hydrogen-bond donors (Lipinski definition) is 2. The average molecular weight is 298 g/mol. The minimum Gasteiger partial charge on any atom is -1.00 e. The van der Waals surface area contributed by atoms with Crippen LogP contribution in [0.4, 0.5) is 0 Å². The molecule has 1 unspecified atom stereocenters. The number of esters is 1. The third kappa shape index (κ3) is 16.4. The Hall–Kier alpha value is 0.390. The Kier molecular flexibility index (Phi) is 19.8. The Morgan fingerprint density at radius 2 is 1.55 bits per heavy atom. The van der Waals surface area contributed by atoms with E-state index in [0.29, 0.717) is 6.42 Å². The van der Waals surface area contributed by atoms with E-state index in [4.69, 9.17) is 14.9 Å². The number of carbonyl (C=O) groups excluding carboxylic acids is 1. The second-order valence-corrected chi connectivity index (χ2v) is 5.10. The monoisotopic (exact) mass is 298 g/mol. The summed E-state index contributed by atoms with van der Waals surface area (Å²) in [5.41, 5.74) is 0. The van der Waals surface area contributed by atoms with Gasteiger partial charge in [-0.25, -0.2) is 0 Å². The van der Waals surface area contributed by atoms with Crippen molar-refractivity contribution in [2.45, 2.75) is 77.2 Å². The zero-order valence-electron chi connectivity index (χ0n) is 14.3. The Bertz CT molecular complexity index is 218. The molecule has 0 aromatic rings. The third-order valence-corrected chi connectivity index (χ3v) is 3.13. The summed E-state index contributed by atoms with van der Waals surface area (Å²) in [6, 6.07) is 0. The first kappa shape index (κ1) is 22.7. The van der Waals surface area contributed by atoms with Crippen molar-refractivity contribution >= 4 is 5.97 Å². The second-order valence-electron chi connectivity index (χ2n) is 5.10. The van der Waals surface area contributed by atoms with Gasteiger partial charge in [-0.2, -0.15) is 0 Å². The molecule has 0 aromatic carbocycles. The van der Waals surface area contributed by atoms with Crippen LogP contribution in [0.25, 0.3) is 0 Å². The summed E-state index contributed by atoms with van der Waals surface area (Å²) in [6.07, 6.45) is 10.4. The topological polar surface area (TPSA) is 66.8 Å². The summed E-state index contributed by atoms with van der Waals surface area (Å²) in [5.74, 6) is -0.282. The first-order valence-corrected chi connectivity index (χ1v) is 7.65. The van der Waals surface area contributed by atoms with Crippen LogP contribution in [0.1, 0.15) is 72.6 Å². The molecule has 0 fully saturated rings. The number of ether oxygens (including phenoxy) is 1. The van der Waals surface area contributed by atoms with Crippen LogP contribution in [-0.4, -0.2) is 35.5 Å². The molecule has 0 saturated carbocycles. The van der Waals surface area contributed by atoms with Gasteiger partial charge in [0.1, 0.15) is 12.7 Å². The molecule has 0 rings (SSSR count). The van der Waals surface area contributed by atoms with Crippen molar-refractivity contribution in [3.05, 3.63) is 0 Å². The summed E-state index contributed by atoms with van der Waals surface area (Å²) < 4.78 is 4.82. The maximum absolute atomic E-state index is 11.3. The molecule has 0 radical (unpaired) electrons. The van der Waals surface area contributed by atoms with Gasteiger partial charge in [0.25, 0.3) is 0 Å². The second kappa shape index (κ2) is 17.4. The van der Waals surface area contributed by atoms with Crippen LogP contribution in [0.15, 0.2) is 0 Å². The number of hydrogen-bond acceptors (Lipinski definition) is 4. The first-order valence-electron chi connectivity index (χ1n) is 7.65. The van der Waals surface area contributed by atoms with Gasteiger partial charge in [0, 0.05) is 6.42 Å². The van der Waals surface area contributed by atoms with Crippen LogP contribution in [-0.2, 0) is 9.53 Å². The molecule has 1 atom stereocenters. The van der Waals surface area contributed by atoms with E-state index in [0.717, 1.165) is 12.8 Å². The number of unbranched alkanes of at least 4 members (excludes halogenated alkanes) is 8. The molecule has 5 heteroatoms. The molecule has 0 aliphatic carbocycles. The molecule has 0 spiro atoms. The van der Waals surface area contributed by atoms with Crippen molar-refractivity contribution in [3.63, 3.8) is 0 Å². The van der Waals surface area contributed by atoms with Gasteiger partial charge in [-0.1, -0.05) is 58.3 Å². The molecular weight excluding hydrogens is 267 g/mol. The van der Waals surface area contributed by atoms with Gasteiger partial charge in [0.05, 0.1) is 6.61 Å². The number of carbonyl (C=O) groups is 1. The van der Waals surface area contributed by atoms with Crippen LogP contribution < -0.4 is 29.6 Å². The van der Waals surface area contributed by atoms with E-state index >= 15 is 0 Å². The van der Waals surface area contributed by atoms with Gasteiger partial charge in [-0.05, 0) is 6.42 Å². The molecule has 20 heavy (non-hydrogen) atoms. The molecule has 0 saturated heterocycles. The average Bonchev–Trinajstić information content (AvgIpc) is 2.42. The van der Waals surface area contributed by atoms with Crippen molar-refractivity contribution < 1.29 is 50.7 Å². The van der Waals surface area contributed by atoms with E-state index in [1.54, 1.807) is 0 Å². The summed E-state index contributed by atoms with van der Waals surface area (Å²) in [5, 5.41) is 17.6. The minimum atomic E-state index is -0.952. The van der Waals surface area contributed by atoms with E-state index in [2.05, 4.69) is 6.92 Å². The van der Waals surface area contributed by atoms with Gasteiger partial charge in [-0.3, -0.25) is 4.79 Å². The van der Waals surface area contributed by atoms with E-state index in [1.165, 1.54) is 44.9 Å². The van der Waals surface area contributed by atoms with E-state index in [-0.39, 0.29) is 50.2 Å². The van der Waals surface area contributed by atoms with Crippen molar-refractivity contribution in [2.24, 2.45) is 0 Å². The number of rotatable bonds is 13. The standard InChI is InChI=1S/C15H30O4.Na.H/c1-2-3-4-5-6-7-8-9-10-11-15(18)19-13-14(17)12-16;;/h14,16-17H,2-13H2,1H3;;/q;+1;-1. The Morgan fingerprint density at radius 1 is 1.05 bits per heavy atom. The maximum atomic E-state index is 11.3. The summed E-state index contributed by atoms with van der Waals surface area (Å²) >= 11 is 0. The van der Waals surface area contributed by atoms with E-state index < -0.39 is 6.10 Å². The predicted molar refractivity (Wildman–Crippen MR) is 77.0 cm³/mol. The molecule has 0 aromatic heterocycles. The fourth-order valence-corrected chi connectivity index (χ4v) is 1.89. The SMILES string of the molecule is CCCCCCCCCCCC(=O)OCC(O)CO.[H-].[Na+]. The van der Waals surface area contributed by atoms with E-state index in [9.17, 15) is 4.79 Å². The van der Waals surface area contributed by atoms with Gasteiger partial charge in [0.15, 0.2) is 0 Å². The molecular formula is C15H31NaO4. The molecule has 4 nitrogen and oxygen atoms in total. The van der Waals surface area contributed by atoms with Crippen LogP contribution in [0.3, 0.4) is 0 Å². The zero-order chi connectivity index (χ0) is 14.3. The molecule has 0 aliphatic heterocycles. The molecule has 0 bridgehead atoms. The largest absolute Gasteiger partial charge is 1.00 e. The smallest absolute Gasteiger partial charge is 1.00 e. The van der Waals surface area contributed by atoms with Crippen LogP contribution in [0, 0.1) is 0 Å². The predicted octanol–water partition coefficient (Wildman–Crippen LogP) is -0.0798. The van der Waals surface area contributed by atoms with Gasteiger partial charge < -0.3 is 16.4 Å². The number of aliphatic hydroxyl groups excluding tert-OH is 2. The molecule has 0 amide bonds. The van der Waals surface area contributed by atoms with E-state index in [1.807, 2.05) is 0 Å². The van der Waals surface area contributed by atoms with Crippen molar-refractivity contribution in [1.29, 1.82) is 0 Å². The quantitative estimate of drug-likeness (QED) is 0.284. The fraction of sp³-hybridized carbons (Fsp3) is 0.933. The fourth-order valence-electron chi connectivity index (χ4n) is 1.89. The first-order chi connectivity index (χ1) is 9.20. The van der Waals surface area contributed by atoms with Gasteiger partial charge >= 0.3 is 35.5 Å². The zero-order valence-corrected chi connectivity index (χ0v) is 15.3.